The van der Waals surface area contributed by atoms with E-state index in [1.807, 2.05) is 0 Å². The molecule has 0 saturated heterocycles. The number of carbonyl (C=O) groups is 2. The molecule has 2 aromatic rings. The number of phenols is 1. The van der Waals surface area contributed by atoms with Crippen molar-refractivity contribution in [2.45, 2.75) is 12.1 Å². The van der Waals surface area contributed by atoms with Crippen molar-refractivity contribution in [2.24, 2.45) is 0 Å². The molecule has 0 bridgehead atoms. The maximum atomic E-state index is 12.2. The molecular weight excluding hydrogens is 302 g/mol. The van der Waals surface area contributed by atoms with Gasteiger partial charge < -0.3 is 15.3 Å². The second-order valence-electron chi connectivity index (χ2n) is 4.95. The highest BCUT2D eigenvalue weighted by molar-refractivity contribution is 5.96. The van der Waals surface area contributed by atoms with Crippen LogP contribution >= 0.6 is 0 Å². The van der Waals surface area contributed by atoms with Gasteiger partial charge in [0.1, 0.15) is 5.75 Å². The molecular formula is C16H15NO6. The largest absolute Gasteiger partial charge is 0.508 e. The Bertz CT molecular complexity index is 700. The Labute approximate surface area is 131 Å². The molecule has 0 radical (unpaired) electrons. The van der Waals surface area contributed by atoms with Crippen LogP contribution in [0.2, 0.25) is 0 Å². The molecule has 0 saturated carbocycles. The minimum absolute atomic E-state index is 0.0281. The zero-order valence-corrected chi connectivity index (χ0v) is 12.0. The van der Waals surface area contributed by atoms with E-state index in [1.54, 1.807) is 18.2 Å². The molecule has 2 aromatic carbocycles. The first-order valence-electron chi connectivity index (χ1n) is 6.67. The number of hydrogen-bond donors (Lipinski definition) is 4. The van der Waals surface area contributed by atoms with Gasteiger partial charge in [0.15, 0.2) is 0 Å². The Kier molecular flexibility index (Phi) is 4.63. The van der Waals surface area contributed by atoms with Crippen molar-refractivity contribution in [3.63, 3.8) is 0 Å². The fraction of sp³-hybridized carbons (Fsp3) is 0.125. The maximum Gasteiger partial charge on any atom is 0.360 e. The highest BCUT2D eigenvalue weighted by Gasteiger charge is 2.45. The van der Waals surface area contributed by atoms with Crippen molar-refractivity contribution in [2.75, 3.05) is 0 Å². The molecule has 0 spiro atoms. The molecule has 0 unspecified atom stereocenters. The van der Waals surface area contributed by atoms with Gasteiger partial charge in [0.2, 0.25) is 0 Å². The van der Waals surface area contributed by atoms with Crippen LogP contribution in [-0.4, -0.2) is 43.2 Å². The predicted molar refractivity (Wildman–Crippen MR) is 78.8 cm³/mol. The highest BCUT2D eigenvalue weighted by atomic mass is 16.6. The average molecular weight is 317 g/mol. The molecule has 0 fully saturated rings. The molecule has 120 valence electrons. The first-order chi connectivity index (χ1) is 10.8. The van der Waals surface area contributed by atoms with Gasteiger partial charge in [-0.25, -0.2) is 4.79 Å². The summed E-state index contributed by atoms with van der Waals surface area (Å²) < 4.78 is 0. The summed E-state index contributed by atoms with van der Waals surface area (Å²) in [5.41, 5.74) is -2.50. The highest BCUT2D eigenvalue weighted by Crippen LogP contribution is 2.21. The summed E-state index contributed by atoms with van der Waals surface area (Å²) >= 11 is 0. The van der Waals surface area contributed by atoms with Crippen LogP contribution in [0.25, 0.3) is 0 Å². The number of rotatable bonds is 5. The monoisotopic (exact) mass is 317 g/mol. The molecule has 4 N–H and O–H groups in total. The van der Waals surface area contributed by atoms with Gasteiger partial charge in [-0.3, -0.25) is 10.0 Å². The Hall–Kier alpha value is -2.90. The lowest BCUT2D eigenvalue weighted by atomic mass is 10.0. The zero-order chi connectivity index (χ0) is 17.0. The van der Waals surface area contributed by atoms with Crippen LogP contribution in [0.5, 0.6) is 5.75 Å². The van der Waals surface area contributed by atoms with Crippen LogP contribution in [0.1, 0.15) is 15.9 Å². The third-order valence-corrected chi connectivity index (χ3v) is 3.29. The van der Waals surface area contributed by atoms with E-state index in [0.717, 1.165) is 0 Å². The van der Waals surface area contributed by atoms with Crippen LogP contribution < -0.4 is 0 Å². The summed E-state index contributed by atoms with van der Waals surface area (Å²) in [5.74, 6) is -2.86. The normalized spacial score (nSPS) is 13.1. The molecule has 0 aliphatic rings. The number of aliphatic carboxylic acids is 1. The number of hydrogen-bond acceptors (Lipinski definition) is 5. The number of benzene rings is 2. The van der Waals surface area contributed by atoms with E-state index in [1.165, 1.54) is 36.4 Å². The minimum atomic E-state index is -2.84. The van der Waals surface area contributed by atoms with Gasteiger partial charge in [-0.15, -0.1) is 0 Å². The molecule has 0 aliphatic heterocycles. The van der Waals surface area contributed by atoms with Crippen molar-refractivity contribution in [3.8, 4) is 5.75 Å². The van der Waals surface area contributed by atoms with Crippen molar-refractivity contribution in [1.29, 1.82) is 0 Å². The number of aromatic hydroxyl groups is 1. The number of hydroxylamine groups is 2. The quantitative estimate of drug-likeness (QED) is 0.374. The minimum Gasteiger partial charge on any atom is -0.508 e. The van der Waals surface area contributed by atoms with Gasteiger partial charge in [-0.1, -0.05) is 30.3 Å². The smallest absolute Gasteiger partial charge is 0.360 e. The number of nitrogens with zero attached hydrogens (tertiary/aromatic N) is 1. The fourth-order valence-corrected chi connectivity index (χ4v) is 2.01. The second kappa shape index (κ2) is 6.47. The van der Waals surface area contributed by atoms with E-state index < -0.39 is 24.0 Å². The summed E-state index contributed by atoms with van der Waals surface area (Å²) in [6.07, 6.45) is -0.558. The summed E-state index contributed by atoms with van der Waals surface area (Å²) in [6.45, 7) is 0. The van der Waals surface area contributed by atoms with E-state index >= 15 is 0 Å². The number of aliphatic hydroxyl groups is 1. The van der Waals surface area contributed by atoms with Crippen molar-refractivity contribution >= 4 is 11.9 Å². The third kappa shape index (κ3) is 3.47. The van der Waals surface area contributed by atoms with E-state index in [0.29, 0.717) is 5.56 Å². The molecule has 0 aliphatic carbocycles. The predicted octanol–water partition coefficient (Wildman–Crippen LogP) is 1.24. The molecule has 1 atom stereocenters. The fourth-order valence-electron chi connectivity index (χ4n) is 2.01. The second-order valence-corrected chi connectivity index (χ2v) is 4.95. The van der Waals surface area contributed by atoms with E-state index in [2.05, 4.69) is 0 Å². The van der Waals surface area contributed by atoms with E-state index in [9.17, 15) is 30.1 Å². The lowest BCUT2D eigenvalue weighted by Gasteiger charge is -2.31. The first kappa shape index (κ1) is 16.5. The van der Waals surface area contributed by atoms with Crippen LogP contribution in [0.15, 0.2) is 54.6 Å². The van der Waals surface area contributed by atoms with E-state index in [4.69, 9.17) is 0 Å². The molecule has 0 heterocycles. The Morgan fingerprint density at radius 1 is 1.00 bits per heavy atom. The summed E-state index contributed by atoms with van der Waals surface area (Å²) in [6, 6.07) is 12.9. The van der Waals surface area contributed by atoms with Crippen LogP contribution in [-0.2, 0) is 11.2 Å². The summed E-state index contributed by atoms with van der Waals surface area (Å²) in [5, 5.41) is 38.6. The number of carboxylic acids is 1. The van der Waals surface area contributed by atoms with Crippen LogP contribution in [0.4, 0.5) is 0 Å². The third-order valence-electron chi connectivity index (χ3n) is 3.29. The topological polar surface area (TPSA) is 118 Å². The zero-order valence-electron chi connectivity index (χ0n) is 12.0. The lowest BCUT2D eigenvalue weighted by Crippen LogP contribution is -2.57. The standard InChI is InChI=1S/C16H15NO6/c18-13-8-6-11(7-9-13)10-16(22,15(20)21)17(23)14(19)12-4-2-1-3-5-12/h1-9,18,22-23H,10H2,(H,20,21)/t16-/m1/s1. The molecule has 0 aromatic heterocycles. The van der Waals surface area contributed by atoms with E-state index in [-0.39, 0.29) is 16.4 Å². The van der Waals surface area contributed by atoms with Crippen molar-refractivity contribution in [3.05, 3.63) is 65.7 Å². The van der Waals surface area contributed by atoms with Crippen LogP contribution in [0.3, 0.4) is 0 Å². The maximum absolute atomic E-state index is 12.2. The number of carbonyl (C=O) groups excluding carboxylic acids is 1. The van der Waals surface area contributed by atoms with Gasteiger partial charge in [-0.2, -0.15) is 5.06 Å². The van der Waals surface area contributed by atoms with Crippen molar-refractivity contribution < 1.29 is 30.1 Å². The van der Waals surface area contributed by atoms with Gasteiger partial charge in [-0.05, 0) is 29.8 Å². The summed E-state index contributed by atoms with van der Waals surface area (Å²) in [7, 11) is 0. The van der Waals surface area contributed by atoms with Crippen LogP contribution in [0, 0.1) is 0 Å². The first-order valence-corrected chi connectivity index (χ1v) is 6.67. The molecule has 2 rings (SSSR count). The van der Waals surface area contributed by atoms with Crippen molar-refractivity contribution in [1.82, 2.24) is 5.06 Å². The van der Waals surface area contributed by atoms with Gasteiger partial charge >= 0.3 is 5.97 Å². The Balaban J connectivity index is 2.30. The molecule has 1 amide bonds. The lowest BCUT2D eigenvalue weighted by molar-refractivity contribution is -0.235. The molecule has 23 heavy (non-hydrogen) atoms. The number of amides is 1. The average Bonchev–Trinajstić information content (AvgIpc) is 2.56. The Morgan fingerprint density at radius 2 is 1.57 bits per heavy atom. The number of carboxylic acid groups (broad SMARTS) is 1. The Morgan fingerprint density at radius 3 is 2.09 bits per heavy atom. The van der Waals surface area contributed by atoms with Gasteiger partial charge in [0.25, 0.3) is 11.6 Å². The van der Waals surface area contributed by atoms with Gasteiger partial charge in [0, 0.05) is 12.0 Å². The number of phenolic OH excluding ortho intramolecular Hbond substituents is 1. The summed E-state index contributed by atoms with van der Waals surface area (Å²) in [4.78, 5) is 23.6. The molecule has 7 nitrogen and oxygen atoms in total. The SMILES string of the molecule is O=C(c1ccccc1)N(O)[C@@](O)(Cc1ccc(O)cc1)C(=O)O. The van der Waals surface area contributed by atoms with Gasteiger partial charge in [0.05, 0.1) is 0 Å². The molecule has 7 heteroatoms.